The maximum atomic E-state index is 5.78. The summed E-state index contributed by atoms with van der Waals surface area (Å²) in [7, 11) is 0. The summed E-state index contributed by atoms with van der Waals surface area (Å²) >= 11 is 0. The summed E-state index contributed by atoms with van der Waals surface area (Å²) in [6.45, 7) is 5.10. The van der Waals surface area contributed by atoms with Crippen molar-refractivity contribution in [2.45, 2.75) is 25.0 Å². The van der Waals surface area contributed by atoms with Gasteiger partial charge >= 0.3 is 0 Å². The van der Waals surface area contributed by atoms with Crippen LogP contribution in [0.3, 0.4) is 0 Å². The van der Waals surface area contributed by atoms with Crippen molar-refractivity contribution >= 4 is 0 Å². The molecule has 0 aromatic carbocycles. The van der Waals surface area contributed by atoms with Crippen LogP contribution in [0.15, 0.2) is 0 Å². The number of ether oxygens (including phenoxy) is 3. The first-order valence-electron chi connectivity index (χ1n) is 5.47. The largest absolute Gasteiger partial charge is 0.381 e. The molecule has 2 heterocycles. The maximum Gasteiger partial charge on any atom is 0.0933 e. The van der Waals surface area contributed by atoms with E-state index in [2.05, 4.69) is 5.32 Å². The summed E-state index contributed by atoms with van der Waals surface area (Å²) in [5.41, 5.74) is 0. The average molecular weight is 201 g/mol. The Morgan fingerprint density at radius 2 is 2.07 bits per heavy atom. The maximum absolute atomic E-state index is 5.78. The lowest BCUT2D eigenvalue weighted by Crippen LogP contribution is -2.42. The summed E-state index contributed by atoms with van der Waals surface area (Å²) in [5, 5.41) is 3.29. The topological polar surface area (TPSA) is 39.7 Å². The van der Waals surface area contributed by atoms with Crippen LogP contribution >= 0.6 is 0 Å². The highest BCUT2D eigenvalue weighted by molar-refractivity contribution is 4.68. The van der Waals surface area contributed by atoms with Crippen LogP contribution in [0, 0.1) is 0 Å². The van der Waals surface area contributed by atoms with Gasteiger partial charge in [-0.25, -0.2) is 0 Å². The predicted octanol–water partition coefficient (Wildman–Crippen LogP) is 0.170. The zero-order valence-corrected chi connectivity index (χ0v) is 8.54. The highest BCUT2D eigenvalue weighted by atomic mass is 16.5. The van der Waals surface area contributed by atoms with Gasteiger partial charge in [0.25, 0.3) is 0 Å². The lowest BCUT2D eigenvalue weighted by atomic mass is 10.1. The summed E-state index contributed by atoms with van der Waals surface area (Å²) in [5.74, 6) is 0. The molecule has 1 unspecified atom stereocenters. The molecular weight excluding hydrogens is 182 g/mol. The van der Waals surface area contributed by atoms with E-state index in [-0.39, 0.29) is 6.10 Å². The first-order valence-corrected chi connectivity index (χ1v) is 5.47. The first-order chi connectivity index (χ1) is 6.95. The fraction of sp³-hybridized carbons (Fsp3) is 1.00. The lowest BCUT2D eigenvalue weighted by Gasteiger charge is -2.27. The van der Waals surface area contributed by atoms with E-state index in [1.54, 1.807) is 0 Å². The Morgan fingerprint density at radius 1 is 1.21 bits per heavy atom. The van der Waals surface area contributed by atoms with Crippen LogP contribution in [0.5, 0.6) is 0 Å². The number of hydrogen-bond acceptors (Lipinski definition) is 4. The molecule has 14 heavy (non-hydrogen) atoms. The smallest absolute Gasteiger partial charge is 0.0933 e. The van der Waals surface area contributed by atoms with Crippen molar-refractivity contribution in [2.75, 3.05) is 39.5 Å². The molecule has 0 radical (unpaired) electrons. The molecule has 0 bridgehead atoms. The minimum atomic E-state index is 0.242. The van der Waals surface area contributed by atoms with E-state index in [0.29, 0.717) is 6.10 Å². The van der Waals surface area contributed by atoms with Crippen molar-refractivity contribution in [2.24, 2.45) is 0 Å². The van der Waals surface area contributed by atoms with Crippen LogP contribution in [0.25, 0.3) is 0 Å². The van der Waals surface area contributed by atoms with Gasteiger partial charge in [-0.2, -0.15) is 0 Å². The van der Waals surface area contributed by atoms with Crippen LogP contribution in [0.4, 0.5) is 0 Å². The predicted molar refractivity (Wildman–Crippen MR) is 52.4 cm³/mol. The number of rotatable bonds is 3. The van der Waals surface area contributed by atoms with Gasteiger partial charge in [-0.1, -0.05) is 0 Å². The third kappa shape index (κ3) is 3.20. The second-order valence-corrected chi connectivity index (χ2v) is 3.84. The van der Waals surface area contributed by atoms with Crippen molar-refractivity contribution in [3.05, 3.63) is 0 Å². The average Bonchev–Trinajstić information content (AvgIpc) is 2.29. The molecule has 0 aromatic heterocycles. The first kappa shape index (κ1) is 10.4. The van der Waals surface area contributed by atoms with Gasteiger partial charge in [0.1, 0.15) is 0 Å². The normalized spacial score (nSPS) is 30.4. The van der Waals surface area contributed by atoms with Crippen LogP contribution in [0.1, 0.15) is 12.8 Å². The molecule has 2 saturated heterocycles. The summed E-state index contributed by atoms with van der Waals surface area (Å²) in [6.07, 6.45) is 2.68. The van der Waals surface area contributed by atoms with E-state index in [1.807, 2.05) is 0 Å². The fourth-order valence-corrected chi connectivity index (χ4v) is 1.81. The van der Waals surface area contributed by atoms with E-state index in [9.17, 15) is 0 Å². The molecule has 1 N–H and O–H groups in total. The molecule has 2 aliphatic rings. The van der Waals surface area contributed by atoms with E-state index in [0.717, 1.165) is 52.4 Å². The van der Waals surface area contributed by atoms with Crippen LogP contribution < -0.4 is 5.32 Å². The van der Waals surface area contributed by atoms with Gasteiger partial charge in [0.2, 0.25) is 0 Å². The Kier molecular flexibility index (Phi) is 4.19. The SMILES string of the molecule is C1COC(COC2CCOCC2)CN1. The molecule has 0 aromatic rings. The molecule has 1 atom stereocenters. The quantitative estimate of drug-likeness (QED) is 0.706. The third-order valence-corrected chi connectivity index (χ3v) is 2.69. The molecule has 0 amide bonds. The van der Waals surface area contributed by atoms with Crippen molar-refractivity contribution in [3.63, 3.8) is 0 Å². The van der Waals surface area contributed by atoms with Crippen molar-refractivity contribution in [1.29, 1.82) is 0 Å². The fourth-order valence-electron chi connectivity index (χ4n) is 1.81. The van der Waals surface area contributed by atoms with Gasteiger partial charge in [-0.05, 0) is 12.8 Å². The Bertz CT molecular complexity index is 135. The van der Waals surface area contributed by atoms with Gasteiger partial charge in [0.15, 0.2) is 0 Å². The second kappa shape index (κ2) is 5.66. The second-order valence-electron chi connectivity index (χ2n) is 3.84. The lowest BCUT2D eigenvalue weighted by molar-refractivity contribution is -0.0825. The summed E-state index contributed by atoms with van der Waals surface area (Å²) < 4.78 is 16.6. The van der Waals surface area contributed by atoms with Crippen LogP contribution in [-0.2, 0) is 14.2 Å². The van der Waals surface area contributed by atoms with Gasteiger partial charge in [-0.15, -0.1) is 0 Å². The van der Waals surface area contributed by atoms with Crippen molar-refractivity contribution < 1.29 is 14.2 Å². The molecule has 4 heteroatoms. The monoisotopic (exact) mass is 201 g/mol. The molecule has 0 aliphatic carbocycles. The molecule has 2 aliphatic heterocycles. The highest BCUT2D eigenvalue weighted by Crippen LogP contribution is 2.11. The third-order valence-electron chi connectivity index (χ3n) is 2.69. The number of morpholine rings is 1. The molecule has 0 spiro atoms. The van der Waals surface area contributed by atoms with Crippen molar-refractivity contribution in [3.8, 4) is 0 Å². The Balaban J connectivity index is 1.60. The van der Waals surface area contributed by atoms with E-state index >= 15 is 0 Å². The van der Waals surface area contributed by atoms with Gasteiger partial charge in [-0.3, -0.25) is 0 Å². The van der Waals surface area contributed by atoms with Gasteiger partial charge in [0.05, 0.1) is 25.4 Å². The molecule has 4 nitrogen and oxygen atoms in total. The zero-order chi connectivity index (χ0) is 9.64. The minimum absolute atomic E-state index is 0.242. The standard InChI is InChI=1S/C10H19NO3/c1-4-12-5-2-9(1)14-8-10-7-11-3-6-13-10/h9-11H,1-8H2. The van der Waals surface area contributed by atoms with Gasteiger partial charge < -0.3 is 19.5 Å². The Labute approximate surface area is 84.9 Å². The number of nitrogens with one attached hydrogen (secondary N) is 1. The van der Waals surface area contributed by atoms with Crippen LogP contribution in [-0.4, -0.2) is 51.7 Å². The van der Waals surface area contributed by atoms with Gasteiger partial charge in [0, 0.05) is 26.3 Å². The molecule has 0 saturated carbocycles. The van der Waals surface area contributed by atoms with E-state index < -0.39 is 0 Å². The summed E-state index contributed by atoms with van der Waals surface area (Å²) in [6, 6.07) is 0. The van der Waals surface area contributed by atoms with E-state index in [4.69, 9.17) is 14.2 Å². The zero-order valence-electron chi connectivity index (χ0n) is 8.54. The minimum Gasteiger partial charge on any atom is -0.381 e. The van der Waals surface area contributed by atoms with E-state index in [1.165, 1.54) is 0 Å². The molecular formula is C10H19NO3. The molecule has 2 rings (SSSR count). The molecule has 2 fully saturated rings. The Morgan fingerprint density at radius 3 is 2.79 bits per heavy atom. The number of hydrogen-bond donors (Lipinski definition) is 1. The highest BCUT2D eigenvalue weighted by Gasteiger charge is 2.18. The van der Waals surface area contributed by atoms with Crippen molar-refractivity contribution in [1.82, 2.24) is 5.32 Å². The summed E-state index contributed by atoms with van der Waals surface area (Å²) in [4.78, 5) is 0. The molecule has 82 valence electrons. The van der Waals surface area contributed by atoms with Crippen LogP contribution in [0.2, 0.25) is 0 Å². The Hall–Kier alpha value is -0.160.